The molecule has 0 unspecified atom stereocenters. The number of esters is 1. The van der Waals surface area contributed by atoms with Gasteiger partial charge in [0.25, 0.3) is 0 Å². The normalized spacial score (nSPS) is 11.2. The summed E-state index contributed by atoms with van der Waals surface area (Å²) >= 11 is 0. The Morgan fingerprint density at radius 3 is 2.11 bits per heavy atom. The van der Waals surface area contributed by atoms with Crippen LogP contribution in [0.3, 0.4) is 0 Å². The Bertz CT molecular complexity index is 305. The van der Waals surface area contributed by atoms with Gasteiger partial charge in [0.2, 0.25) is 0 Å². The summed E-state index contributed by atoms with van der Waals surface area (Å²) in [6.07, 6.45) is -0.406. The summed E-state index contributed by atoms with van der Waals surface area (Å²) in [7, 11) is -3.38. The zero-order valence-electron chi connectivity index (χ0n) is 10.6. The van der Waals surface area contributed by atoms with E-state index in [4.69, 9.17) is 18.9 Å². The van der Waals surface area contributed by atoms with Crippen molar-refractivity contribution in [2.24, 2.45) is 0 Å². The van der Waals surface area contributed by atoms with Gasteiger partial charge in [0, 0.05) is 12.8 Å². The van der Waals surface area contributed by atoms with E-state index in [9.17, 15) is 14.2 Å². The van der Waals surface area contributed by atoms with Crippen LogP contribution in [-0.4, -0.2) is 36.6 Å². The van der Waals surface area contributed by atoms with Crippen LogP contribution in [0.1, 0.15) is 33.1 Å². The summed E-state index contributed by atoms with van der Waals surface area (Å²) in [5.41, 5.74) is 0. The highest BCUT2D eigenvalue weighted by Crippen LogP contribution is 2.47. The van der Waals surface area contributed by atoms with E-state index in [-0.39, 0.29) is 32.5 Å². The summed E-state index contributed by atoms with van der Waals surface area (Å²) in [4.78, 5) is 21.5. The molecule has 7 nitrogen and oxygen atoms in total. The van der Waals surface area contributed by atoms with Crippen LogP contribution < -0.4 is 0 Å². The third kappa shape index (κ3) is 8.22. The Labute approximate surface area is 106 Å². The zero-order chi connectivity index (χ0) is 14.0. The summed E-state index contributed by atoms with van der Waals surface area (Å²) in [6, 6.07) is 0. The van der Waals surface area contributed by atoms with Crippen LogP contribution in [0.2, 0.25) is 0 Å². The van der Waals surface area contributed by atoms with Crippen LogP contribution in [0.15, 0.2) is 0 Å². The van der Waals surface area contributed by atoms with Gasteiger partial charge in [-0.2, -0.15) is 0 Å². The smallest absolute Gasteiger partial charge is 0.367 e. The quantitative estimate of drug-likeness (QED) is 0.483. The minimum absolute atomic E-state index is 0.0372. The van der Waals surface area contributed by atoms with Crippen molar-refractivity contribution in [2.75, 3.05) is 19.6 Å². The molecule has 106 valence electrons. The van der Waals surface area contributed by atoms with E-state index in [0.717, 1.165) is 0 Å². The van der Waals surface area contributed by atoms with E-state index in [2.05, 4.69) is 0 Å². The van der Waals surface area contributed by atoms with Crippen LogP contribution in [0.4, 0.5) is 0 Å². The minimum atomic E-state index is -3.38. The number of aliphatic carboxylic acids is 1. The van der Waals surface area contributed by atoms with Crippen molar-refractivity contribution in [3.05, 3.63) is 0 Å². The first kappa shape index (κ1) is 17.1. The predicted octanol–water partition coefficient (Wildman–Crippen LogP) is 2.01. The fourth-order valence-corrected chi connectivity index (χ4v) is 2.42. The molecule has 18 heavy (non-hydrogen) atoms. The first-order chi connectivity index (χ1) is 8.43. The molecule has 0 aromatic carbocycles. The molecule has 0 saturated heterocycles. The molecule has 0 fully saturated rings. The van der Waals surface area contributed by atoms with Crippen LogP contribution in [0, 0.1) is 0 Å². The lowest BCUT2D eigenvalue weighted by Gasteiger charge is -2.16. The second-order valence-electron chi connectivity index (χ2n) is 3.34. The highest BCUT2D eigenvalue weighted by atomic mass is 31.2. The number of carbonyl (C=O) groups excluding carboxylic acids is 1. The van der Waals surface area contributed by atoms with E-state index in [1.165, 1.54) is 0 Å². The molecule has 0 aromatic heterocycles. The number of hydrogen-bond donors (Lipinski definition) is 1. The van der Waals surface area contributed by atoms with Crippen molar-refractivity contribution in [3.8, 4) is 0 Å². The number of rotatable bonds is 10. The molecule has 0 spiro atoms. The molecule has 0 amide bonds. The molecule has 0 aliphatic rings. The molecule has 1 N–H and O–H groups in total. The van der Waals surface area contributed by atoms with Crippen LogP contribution in [-0.2, 0) is 27.9 Å². The topological polar surface area (TPSA) is 99.1 Å². The molecule has 0 radical (unpaired) electrons. The lowest BCUT2D eigenvalue weighted by atomic mass is 10.2. The van der Waals surface area contributed by atoms with Gasteiger partial charge in [-0.1, -0.05) is 0 Å². The monoisotopic (exact) mass is 282 g/mol. The standard InChI is InChI=1S/C10H19O7P/c1-3-16-18(14,17-4-2)8-15-10(13)7-5-6-9(11)12/h3-8H2,1-2H3,(H,11,12). The van der Waals surface area contributed by atoms with E-state index in [1.807, 2.05) is 0 Å². The molecule has 0 aromatic rings. The Hall–Kier alpha value is -0.910. The molecule has 8 heteroatoms. The molecule has 0 saturated carbocycles. The van der Waals surface area contributed by atoms with Gasteiger partial charge >= 0.3 is 19.5 Å². The molecule has 0 heterocycles. The fraction of sp³-hybridized carbons (Fsp3) is 0.800. The van der Waals surface area contributed by atoms with E-state index in [1.54, 1.807) is 13.8 Å². The Morgan fingerprint density at radius 2 is 1.67 bits per heavy atom. The van der Waals surface area contributed by atoms with Crippen molar-refractivity contribution < 1.29 is 33.0 Å². The summed E-state index contributed by atoms with van der Waals surface area (Å²) < 4.78 is 26.5. The average molecular weight is 282 g/mol. The van der Waals surface area contributed by atoms with Crippen LogP contribution >= 0.6 is 7.60 Å². The molecular formula is C10H19O7P. The second kappa shape index (κ2) is 9.08. The molecule has 0 aliphatic heterocycles. The van der Waals surface area contributed by atoms with E-state index < -0.39 is 25.9 Å². The van der Waals surface area contributed by atoms with Crippen molar-refractivity contribution in [1.82, 2.24) is 0 Å². The number of hydrogen-bond acceptors (Lipinski definition) is 6. The maximum absolute atomic E-state index is 11.9. The number of carboxylic acid groups (broad SMARTS) is 1. The first-order valence-electron chi connectivity index (χ1n) is 5.69. The van der Waals surface area contributed by atoms with Crippen molar-refractivity contribution in [1.29, 1.82) is 0 Å². The first-order valence-corrected chi connectivity index (χ1v) is 7.42. The lowest BCUT2D eigenvalue weighted by Crippen LogP contribution is -2.10. The highest BCUT2D eigenvalue weighted by Gasteiger charge is 2.25. The third-order valence-corrected chi connectivity index (χ3v) is 3.56. The van der Waals surface area contributed by atoms with Crippen LogP contribution in [0.25, 0.3) is 0 Å². The zero-order valence-corrected chi connectivity index (χ0v) is 11.5. The van der Waals surface area contributed by atoms with Crippen molar-refractivity contribution in [3.63, 3.8) is 0 Å². The Balaban J connectivity index is 3.99. The van der Waals surface area contributed by atoms with Gasteiger partial charge in [0.1, 0.15) is 0 Å². The molecule has 0 atom stereocenters. The van der Waals surface area contributed by atoms with Gasteiger partial charge in [-0.25, -0.2) is 0 Å². The lowest BCUT2D eigenvalue weighted by molar-refractivity contribution is -0.142. The highest BCUT2D eigenvalue weighted by molar-refractivity contribution is 7.53. The number of ether oxygens (including phenoxy) is 1. The average Bonchev–Trinajstić information content (AvgIpc) is 2.27. The van der Waals surface area contributed by atoms with Crippen molar-refractivity contribution in [2.45, 2.75) is 33.1 Å². The van der Waals surface area contributed by atoms with Crippen LogP contribution in [0.5, 0.6) is 0 Å². The number of carbonyl (C=O) groups is 2. The van der Waals surface area contributed by atoms with Gasteiger partial charge < -0.3 is 18.9 Å². The summed E-state index contributed by atoms with van der Waals surface area (Å²) in [5, 5.41) is 8.39. The van der Waals surface area contributed by atoms with E-state index in [0.29, 0.717) is 0 Å². The molecule has 0 rings (SSSR count). The maximum atomic E-state index is 11.9. The Morgan fingerprint density at radius 1 is 1.11 bits per heavy atom. The predicted molar refractivity (Wildman–Crippen MR) is 63.3 cm³/mol. The van der Waals surface area contributed by atoms with Gasteiger partial charge in [0.05, 0.1) is 13.2 Å². The molecule has 0 aliphatic carbocycles. The fourth-order valence-electron chi connectivity index (χ4n) is 1.11. The summed E-state index contributed by atoms with van der Waals surface area (Å²) in [6.45, 7) is 3.68. The van der Waals surface area contributed by atoms with E-state index >= 15 is 0 Å². The molecular weight excluding hydrogens is 263 g/mol. The molecule has 0 bridgehead atoms. The SMILES string of the molecule is CCOP(=O)(COC(=O)CCCC(=O)O)OCC. The maximum Gasteiger partial charge on any atom is 0.367 e. The largest absolute Gasteiger partial charge is 0.481 e. The number of carboxylic acids is 1. The van der Waals surface area contributed by atoms with Gasteiger partial charge in [0.15, 0.2) is 6.35 Å². The van der Waals surface area contributed by atoms with Gasteiger partial charge in [-0.15, -0.1) is 0 Å². The van der Waals surface area contributed by atoms with Gasteiger partial charge in [-0.05, 0) is 20.3 Å². The summed E-state index contributed by atoms with van der Waals surface area (Å²) in [5.74, 6) is -1.59. The third-order valence-electron chi connectivity index (χ3n) is 1.81. The Kier molecular flexibility index (Phi) is 8.62. The van der Waals surface area contributed by atoms with Gasteiger partial charge in [-0.3, -0.25) is 14.2 Å². The minimum Gasteiger partial charge on any atom is -0.481 e. The second-order valence-corrected chi connectivity index (χ2v) is 5.34. The van der Waals surface area contributed by atoms with Crippen molar-refractivity contribution >= 4 is 19.5 Å².